The van der Waals surface area contributed by atoms with Crippen LogP contribution in [0.5, 0.6) is 0 Å². The van der Waals surface area contributed by atoms with E-state index < -0.39 is 0 Å². The number of nitriles is 2. The molecule has 222 valence electrons. The average molecular weight is 611 g/mol. The molecule has 0 spiro atoms. The Kier molecular flexibility index (Phi) is 6.22. The molecule has 9 aromatic rings. The lowest BCUT2D eigenvalue weighted by Crippen LogP contribution is -1.99. The van der Waals surface area contributed by atoms with Gasteiger partial charge in [-0.15, -0.1) is 0 Å². The molecule has 4 heteroatoms. The van der Waals surface area contributed by atoms with Gasteiger partial charge >= 0.3 is 0 Å². The lowest BCUT2D eigenvalue weighted by atomic mass is 9.91. The summed E-state index contributed by atoms with van der Waals surface area (Å²) in [6, 6.07) is 58.8. The van der Waals surface area contributed by atoms with Crippen molar-refractivity contribution >= 4 is 43.6 Å². The molecule has 4 nitrogen and oxygen atoms in total. The van der Waals surface area contributed by atoms with Crippen molar-refractivity contribution < 1.29 is 0 Å². The number of fused-ring (bicyclic) bond motifs is 6. The standard InChI is InChI=1S/C44H26N4/c45-27-29-12-11-23-43-44(29)38-18-6-10-22-42(38)48(43)41-21-9-3-15-35(41)34-14-2-1-13-33(34)32-25-24-31(26-30(32)28-46)47-39-19-7-4-16-36(39)37-17-5-8-20-40(37)47/h1-26H. The van der Waals surface area contributed by atoms with E-state index in [4.69, 9.17) is 0 Å². The van der Waals surface area contributed by atoms with Gasteiger partial charge in [0.25, 0.3) is 0 Å². The molecule has 0 fully saturated rings. The highest BCUT2D eigenvalue weighted by Crippen LogP contribution is 2.41. The third kappa shape index (κ3) is 4.01. The number of hydrogen-bond donors (Lipinski definition) is 0. The van der Waals surface area contributed by atoms with Crippen LogP contribution < -0.4 is 0 Å². The van der Waals surface area contributed by atoms with Gasteiger partial charge in [0, 0.05) is 38.4 Å². The first-order valence-corrected chi connectivity index (χ1v) is 15.9. The SMILES string of the molecule is N#Cc1cc(-n2c3ccccc3c3ccccc32)ccc1-c1ccccc1-c1ccccc1-n1c2ccccc2c2c(C#N)cccc21. The molecule has 0 aliphatic heterocycles. The van der Waals surface area contributed by atoms with Gasteiger partial charge in [0.2, 0.25) is 0 Å². The molecule has 0 bridgehead atoms. The monoisotopic (exact) mass is 610 g/mol. The molecule has 2 heterocycles. The normalized spacial score (nSPS) is 11.3. The van der Waals surface area contributed by atoms with Crippen LogP contribution in [0.3, 0.4) is 0 Å². The summed E-state index contributed by atoms with van der Waals surface area (Å²) in [5.41, 5.74) is 11.4. The van der Waals surface area contributed by atoms with Crippen molar-refractivity contribution in [1.29, 1.82) is 10.5 Å². The van der Waals surface area contributed by atoms with Gasteiger partial charge in [-0.3, -0.25) is 0 Å². The molecule has 0 aliphatic rings. The fraction of sp³-hybridized carbons (Fsp3) is 0. The maximum atomic E-state index is 10.6. The smallest absolute Gasteiger partial charge is 0.0998 e. The highest BCUT2D eigenvalue weighted by Gasteiger charge is 2.20. The molecular formula is C44H26N4. The maximum Gasteiger partial charge on any atom is 0.0998 e. The number of rotatable bonds is 4. The van der Waals surface area contributed by atoms with Crippen molar-refractivity contribution in [2.45, 2.75) is 0 Å². The van der Waals surface area contributed by atoms with Crippen LogP contribution in [0.15, 0.2) is 158 Å². The molecule has 0 N–H and O–H groups in total. The van der Waals surface area contributed by atoms with Crippen LogP contribution in [0.25, 0.3) is 77.2 Å². The number of nitrogens with zero attached hydrogens (tertiary/aromatic N) is 4. The van der Waals surface area contributed by atoms with Gasteiger partial charge in [0.1, 0.15) is 0 Å². The first-order valence-electron chi connectivity index (χ1n) is 15.9. The first kappa shape index (κ1) is 27.4. The Labute approximate surface area is 277 Å². The van der Waals surface area contributed by atoms with E-state index in [9.17, 15) is 10.5 Å². The second-order valence-corrected chi connectivity index (χ2v) is 11.9. The number of hydrogen-bond acceptors (Lipinski definition) is 2. The minimum absolute atomic E-state index is 0.606. The van der Waals surface area contributed by atoms with Gasteiger partial charge in [-0.1, -0.05) is 109 Å². The summed E-state index contributed by atoms with van der Waals surface area (Å²) in [4.78, 5) is 0. The van der Waals surface area contributed by atoms with Crippen LogP contribution in [-0.2, 0) is 0 Å². The van der Waals surface area contributed by atoms with Gasteiger partial charge in [0.05, 0.1) is 51.0 Å². The number of aromatic nitrogens is 2. The zero-order chi connectivity index (χ0) is 32.2. The van der Waals surface area contributed by atoms with Gasteiger partial charge < -0.3 is 9.13 Å². The molecule has 48 heavy (non-hydrogen) atoms. The van der Waals surface area contributed by atoms with Crippen LogP contribution >= 0.6 is 0 Å². The molecule has 0 radical (unpaired) electrons. The summed E-state index contributed by atoms with van der Waals surface area (Å²) < 4.78 is 4.50. The molecule has 0 amide bonds. The molecule has 0 atom stereocenters. The van der Waals surface area contributed by atoms with Crippen molar-refractivity contribution in [3.05, 3.63) is 169 Å². The van der Waals surface area contributed by atoms with Crippen molar-refractivity contribution in [3.8, 4) is 45.8 Å². The van der Waals surface area contributed by atoms with Crippen molar-refractivity contribution in [3.63, 3.8) is 0 Å². The molecule has 0 aliphatic carbocycles. The predicted molar refractivity (Wildman–Crippen MR) is 195 cm³/mol. The fourth-order valence-electron chi connectivity index (χ4n) is 7.42. The van der Waals surface area contributed by atoms with Crippen LogP contribution in [-0.4, -0.2) is 9.13 Å². The lowest BCUT2D eigenvalue weighted by molar-refractivity contribution is 1.18. The minimum atomic E-state index is 0.606. The highest BCUT2D eigenvalue weighted by molar-refractivity contribution is 6.12. The number of benzene rings is 7. The third-order valence-electron chi connectivity index (χ3n) is 9.43. The Bertz CT molecular complexity index is 2760. The van der Waals surface area contributed by atoms with Crippen molar-refractivity contribution in [1.82, 2.24) is 9.13 Å². The topological polar surface area (TPSA) is 57.4 Å². The van der Waals surface area contributed by atoms with Crippen LogP contribution in [0, 0.1) is 22.7 Å². The van der Waals surface area contributed by atoms with Crippen LogP contribution in [0.2, 0.25) is 0 Å². The molecule has 2 aromatic heterocycles. The summed E-state index contributed by atoms with van der Waals surface area (Å²) >= 11 is 0. The van der Waals surface area contributed by atoms with Gasteiger partial charge in [-0.05, 0) is 59.7 Å². The quantitative estimate of drug-likeness (QED) is 0.199. The molecule has 0 saturated heterocycles. The maximum absolute atomic E-state index is 10.6. The summed E-state index contributed by atoms with van der Waals surface area (Å²) in [7, 11) is 0. The van der Waals surface area contributed by atoms with Gasteiger partial charge in [-0.25, -0.2) is 0 Å². The number of para-hydroxylation sites is 4. The first-order chi connectivity index (χ1) is 23.8. The van der Waals surface area contributed by atoms with Crippen molar-refractivity contribution in [2.24, 2.45) is 0 Å². The van der Waals surface area contributed by atoms with E-state index in [1.54, 1.807) is 0 Å². The van der Waals surface area contributed by atoms with E-state index in [0.717, 1.165) is 66.5 Å². The fourth-order valence-corrected chi connectivity index (χ4v) is 7.42. The van der Waals surface area contributed by atoms with Crippen LogP contribution in [0.4, 0.5) is 0 Å². The lowest BCUT2D eigenvalue weighted by Gasteiger charge is -2.18. The zero-order valence-electron chi connectivity index (χ0n) is 25.8. The zero-order valence-corrected chi connectivity index (χ0v) is 25.8. The van der Waals surface area contributed by atoms with Gasteiger partial charge in [-0.2, -0.15) is 10.5 Å². The Balaban J connectivity index is 1.26. The molecule has 0 unspecified atom stereocenters. The van der Waals surface area contributed by atoms with E-state index >= 15 is 0 Å². The highest BCUT2D eigenvalue weighted by atomic mass is 15.0. The molecule has 9 rings (SSSR count). The Morgan fingerprint density at radius 2 is 0.896 bits per heavy atom. The van der Waals surface area contributed by atoms with Gasteiger partial charge in [0.15, 0.2) is 0 Å². The summed E-state index contributed by atoms with van der Waals surface area (Å²) in [5, 5.41) is 25.0. The van der Waals surface area contributed by atoms with E-state index in [2.05, 4.69) is 137 Å². The van der Waals surface area contributed by atoms with E-state index in [-0.39, 0.29) is 0 Å². The second kappa shape index (κ2) is 10.9. The minimum Gasteiger partial charge on any atom is -0.309 e. The summed E-state index contributed by atoms with van der Waals surface area (Å²) in [5.74, 6) is 0. The Morgan fingerprint density at radius 3 is 1.56 bits per heavy atom. The van der Waals surface area contributed by atoms with E-state index in [1.165, 1.54) is 10.8 Å². The summed E-state index contributed by atoms with van der Waals surface area (Å²) in [6.45, 7) is 0. The Hall–Kier alpha value is -6.88. The second-order valence-electron chi connectivity index (χ2n) is 11.9. The van der Waals surface area contributed by atoms with E-state index in [1.807, 2.05) is 42.5 Å². The van der Waals surface area contributed by atoms with E-state index in [0.29, 0.717) is 11.1 Å². The Morgan fingerprint density at radius 1 is 0.375 bits per heavy atom. The van der Waals surface area contributed by atoms with Crippen LogP contribution in [0.1, 0.15) is 11.1 Å². The van der Waals surface area contributed by atoms with Crippen molar-refractivity contribution in [2.75, 3.05) is 0 Å². The predicted octanol–water partition coefficient (Wildman–Crippen LogP) is 11.0. The average Bonchev–Trinajstić information content (AvgIpc) is 3.68. The summed E-state index contributed by atoms with van der Waals surface area (Å²) in [6.07, 6.45) is 0. The molecule has 7 aromatic carbocycles. The third-order valence-corrected chi connectivity index (χ3v) is 9.43. The largest absolute Gasteiger partial charge is 0.309 e. The molecular weight excluding hydrogens is 585 g/mol. The molecule has 0 saturated carbocycles.